The van der Waals surface area contributed by atoms with Crippen LogP contribution in [0.3, 0.4) is 0 Å². The fourth-order valence-corrected chi connectivity index (χ4v) is 2.91. The van der Waals surface area contributed by atoms with Crippen molar-refractivity contribution in [2.45, 2.75) is 18.9 Å². The number of nitrogens with one attached hydrogen (secondary N) is 1. The molecule has 4 heteroatoms. The molecule has 0 heterocycles. The Morgan fingerprint density at radius 2 is 2.15 bits per heavy atom. The van der Waals surface area contributed by atoms with E-state index in [4.69, 9.17) is 16.3 Å². The average molecular weight is 292 g/mol. The summed E-state index contributed by atoms with van der Waals surface area (Å²) in [6.45, 7) is 0. The lowest BCUT2D eigenvalue weighted by molar-refractivity contribution is 0.415. The summed E-state index contributed by atoms with van der Waals surface area (Å²) in [4.78, 5) is 0. The number of benzene rings is 2. The van der Waals surface area contributed by atoms with E-state index in [2.05, 4.69) is 5.32 Å². The smallest absolute Gasteiger partial charge is 0.139 e. The fraction of sp³-hybridized carbons (Fsp3) is 0.250. The van der Waals surface area contributed by atoms with Gasteiger partial charge in [-0.1, -0.05) is 23.7 Å². The lowest BCUT2D eigenvalue weighted by Gasteiger charge is -2.16. The van der Waals surface area contributed by atoms with Crippen molar-refractivity contribution in [2.75, 3.05) is 12.4 Å². The zero-order valence-corrected chi connectivity index (χ0v) is 11.9. The normalized spacial score (nSPS) is 16.9. The van der Waals surface area contributed by atoms with Crippen molar-refractivity contribution in [1.82, 2.24) is 0 Å². The van der Waals surface area contributed by atoms with Crippen molar-refractivity contribution < 1.29 is 9.13 Å². The molecule has 0 saturated carbocycles. The lowest BCUT2D eigenvalue weighted by Crippen LogP contribution is -2.07. The molecule has 104 valence electrons. The lowest BCUT2D eigenvalue weighted by atomic mass is 10.1. The first-order valence-electron chi connectivity index (χ1n) is 6.56. The molecule has 2 aromatic rings. The highest BCUT2D eigenvalue weighted by atomic mass is 35.5. The standard InChI is InChI=1S/C16H15ClFNO/c1-20-16-9-10(5-7-13(16)17)19-15-8-6-11-12(15)3-2-4-14(11)18/h2-5,7,9,15,19H,6,8H2,1H3. The van der Waals surface area contributed by atoms with Gasteiger partial charge in [-0.05, 0) is 42.2 Å². The van der Waals surface area contributed by atoms with E-state index < -0.39 is 0 Å². The average Bonchev–Trinajstić information content (AvgIpc) is 2.86. The molecule has 3 rings (SSSR count). The number of methoxy groups -OCH3 is 1. The quantitative estimate of drug-likeness (QED) is 0.893. The third-order valence-corrected chi connectivity index (χ3v) is 4.02. The van der Waals surface area contributed by atoms with Crippen LogP contribution in [0.4, 0.5) is 10.1 Å². The van der Waals surface area contributed by atoms with E-state index >= 15 is 0 Å². The highest BCUT2D eigenvalue weighted by Crippen LogP contribution is 2.36. The van der Waals surface area contributed by atoms with E-state index in [1.807, 2.05) is 18.2 Å². The number of halogens is 2. The second-order valence-electron chi connectivity index (χ2n) is 4.89. The van der Waals surface area contributed by atoms with Crippen LogP contribution in [0.1, 0.15) is 23.6 Å². The topological polar surface area (TPSA) is 21.3 Å². The van der Waals surface area contributed by atoms with Crippen LogP contribution in [0.15, 0.2) is 36.4 Å². The molecular weight excluding hydrogens is 277 g/mol. The molecule has 0 aliphatic heterocycles. The first-order chi connectivity index (χ1) is 9.69. The molecule has 0 amide bonds. The number of ether oxygens (including phenoxy) is 1. The van der Waals surface area contributed by atoms with Crippen LogP contribution in [-0.4, -0.2) is 7.11 Å². The maximum Gasteiger partial charge on any atom is 0.139 e. The van der Waals surface area contributed by atoms with Crippen LogP contribution in [0.5, 0.6) is 5.75 Å². The molecule has 2 aromatic carbocycles. The molecule has 2 nitrogen and oxygen atoms in total. The molecule has 1 N–H and O–H groups in total. The minimum Gasteiger partial charge on any atom is -0.495 e. The van der Waals surface area contributed by atoms with Gasteiger partial charge in [-0.25, -0.2) is 4.39 Å². The highest BCUT2D eigenvalue weighted by Gasteiger charge is 2.24. The van der Waals surface area contributed by atoms with Crippen molar-refractivity contribution >= 4 is 17.3 Å². The maximum atomic E-state index is 13.7. The van der Waals surface area contributed by atoms with E-state index in [-0.39, 0.29) is 11.9 Å². The van der Waals surface area contributed by atoms with Crippen LogP contribution in [-0.2, 0) is 6.42 Å². The molecule has 0 saturated heterocycles. The van der Waals surface area contributed by atoms with Crippen LogP contribution in [0.2, 0.25) is 5.02 Å². The Labute approximate surface area is 122 Å². The molecule has 1 aliphatic rings. The summed E-state index contributed by atoms with van der Waals surface area (Å²) in [7, 11) is 1.59. The van der Waals surface area contributed by atoms with Gasteiger partial charge in [-0.15, -0.1) is 0 Å². The van der Waals surface area contributed by atoms with E-state index in [9.17, 15) is 4.39 Å². The molecule has 0 radical (unpaired) electrons. The first kappa shape index (κ1) is 13.3. The predicted molar refractivity (Wildman–Crippen MR) is 79.1 cm³/mol. The maximum absolute atomic E-state index is 13.7. The van der Waals surface area contributed by atoms with Crippen LogP contribution in [0.25, 0.3) is 0 Å². The van der Waals surface area contributed by atoms with Crippen molar-refractivity contribution in [3.05, 3.63) is 58.4 Å². The summed E-state index contributed by atoms with van der Waals surface area (Å²) in [5.74, 6) is 0.523. The number of hydrogen-bond donors (Lipinski definition) is 1. The van der Waals surface area contributed by atoms with Crippen LogP contribution in [0, 0.1) is 5.82 Å². The number of fused-ring (bicyclic) bond motifs is 1. The molecule has 1 unspecified atom stereocenters. The molecule has 0 spiro atoms. The Balaban J connectivity index is 1.86. The Kier molecular flexibility index (Phi) is 3.53. The summed E-state index contributed by atoms with van der Waals surface area (Å²) < 4.78 is 18.9. The molecule has 0 bridgehead atoms. The SMILES string of the molecule is COc1cc(NC2CCc3c(F)cccc32)ccc1Cl. The summed E-state index contributed by atoms with van der Waals surface area (Å²) in [6.07, 6.45) is 1.66. The fourth-order valence-electron chi connectivity index (χ4n) is 2.71. The van der Waals surface area contributed by atoms with Gasteiger partial charge in [0, 0.05) is 11.8 Å². The molecular formula is C16H15ClFNO. The van der Waals surface area contributed by atoms with Gasteiger partial charge in [0.05, 0.1) is 18.2 Å². The zero-order chi connectivity index (χ0) is 14.1. The van der Waals surface area contributed by atoms with Gasteiger partial charge in [0.25, 0.3) is 0 Å². The Morgan fingerprint density at radius 3 is 2.95 bits per heavy atom. The molecule has 20 heavy (non-hydrogen) atoms. The van der Waals surface area contributed by atoms with Crippen molar-refractivity contribution in [3.63, 3.8) is 0 Å². The Hall–Kier alpha value is -1.74. The summed E-state index contributed by atoms with van der Waals surface area (Å²) >= 11 is 6.01. The number of anilines is 1. The van der Waals surface area contributed by atoms with Gasteiger partial charge >= 0.3 is 0 Å². The zero-order valence-electron chi connectivity index (χ0n) is 11.1. The molecule has 1 atom stereocenters. The largest absolute Gasteiger partial charge is 0.495 e. The second-order valence-corrected chi connectivity index (χ2v) is 5.30. The molecule has 0 fully saturated rings. The van der Waals surface area contributed by atoms with Crippen LogP contribution >= 0.6 is 11.6 Å². The minimum absolute atomic E-state index is 0.111. The van der Waals surface area contributed by atoms with Gasteiger partial charge in [-0.2, -0.15) is 0 Å². The summed E-state index contributed by atoms with van der Waals surface area (Å²) in [6, 6.07) is 11.0. The minimum atomic E-state index is -0.111. The predicted octanol–water partition coefficient (Wildman–Crippen LogP) is 4.59. The number of hydrogen-bond acceptors (Lipinski definition) is 2. The van der Waals surface area contributed by atoms with E-state index in [0.717, 1.165) is 29.7 Å². The van der Waals surface area contributed by atoms with E-state index in [1.54, 1.807) is 19.2 Å². The van der Waals surface area contributed by atoms with E-state index in [1.165, 1.54) is 6.07 Å². The summed E-state index contributed by atoms with van der Waals surface area (Å²) in [5.41, 5.74) is 2.79. The van der Waals surface area contributed by atoms with Crippen molar-refractivity contribution in [1.29, 1.82) is 0 Å². The van der Waals surface area contributed by atoms with Crippen LogP contribution < -0.4 is 10.1 Å². The summed E-state index contributed by atoms with van der Waals surface area (Å²) in [5, 5.41) is 4.00. The van der Waals surface area contributed by atoms with Gasteiger partial charge in [0.15, 0.2) is 0 Å². The third-order valence-electron chi connectivity index (χ3n) is 3.71. The first-order valence-corrected chi connectivity index (χ1v) is 6.94. The van der Waals surface area contributed by atoms with Gasteiger partial charge < -0.3 is 10.1 Å². The second kappa shape index (κ2) is 5.33. The Bertz CT molecular complexity index is 644. The van der Waals surface area contributed by atoms with Crippen molar-refractivity contribution in [2.24, 2.45) is 0 Å². The molecule has 1 aliphatic carbocycles. The van der Waals surface area contributed by atoms with Gasteiger partial charge in [0.1, 0.15) is 11.6 Å². The van der Waals surface area contributed by atoms with Gasteiger partial charge in [-0.3, -0.25) is 0 Å². The van der Waals surface area contributed by atoms with E-state index in [0.29, 0.717) is 10.8 Å². The van der Waals surface area contributed by atoms with Crippen molar-refractivity contribution in [3.8, 4) is 5.75 Å². The Morgan fingerprint density at radius 1 is 1.30 bits per heavy atom. The van der Waals surface area contributed by atoms with Gasteiger partial charge in [0.2, 0.25) is 0 Å². The third kappa shape index (κ3) is 2.34. The monoisotopic (exact) mass is 291 g/mol. The molecule has 0 aromatic heterocycles. The number of rotatable bonds is 3. The highest BCUT2D eigenvalue weighted by molar-refractivity contribution is 6.32.